The Hall–Kier alpha value is 0.01000. The molecule has 1 aromatic rings. The van der Waals surface area contributed by atoms with Gasteiger partial charge in [0.15, 0.2) is 0 Å². The van der Waals surface area contributed by atoms with E-state index in [1.54, 1.807) is 0 Å². The molecule has 0 aliphatic heterocycles. The van der Waals surface area contributed by atoms with Crippen molar-refractivity contribution in [3.05, 3.63) is 22.4 Å². The molecule has 1 rings (SSSR count). The number of rotatable bonds is 6. The normalized spacial score (nSPS) is 13.1. The van der Waals surface area contributed by atoms with Gasteiger partial charge < -0.3 is 5.73 Å². The van der Waals surface area contributed by atoms with Crippen molar-refractivity contribution < 1.29 is 0 Å². The average molecular weight is 215 g/mol. The summed E-state index contributed by atoms with van der Waals surface area (Å²) in [5.41, 5.74) is 5.48. The molecule has 0 aliphatic rings. The van der Waals surface area contributed by atoms with Crippen LogP contribution in [0.25, 0.3) is 0 Å². The van der Waals surface area contributed by atoms with Crippen LogP contribution in [0.4, 0.5) is 0 Å². The van der Waals surface area contributed by atoms with Crippen LogP contribution in [0.5, 0.6) is 0 Å². The Bertz CT molecular complexity index is 209. The molecule has 0 aliphatic carbocycles. The van der Waals surface area contributed by atoms with Crippen molar-refractivity contribution in [3.63, 3.8) is 0 Å². The molecule has 1 aromatic heterocycles. The van der Waals surface area contributed by atoms with E-state index >= 15 is 0 Å². The number of hydrogen-bond acceptors (Lipinski definition) is 3. The molecule has 1 unspecified atom stereocenters. The van der Waals surface area contributed by atoms with E-state index < -0.39 is 0 Å². The summed E-state index contributed by atoms with van der Waals surface area (Å²) in [7, 11) is 0. The zero-order valence-corrected chi connectivity index (χ0v) is 9.66. The lowest BCUT2D eigenvalue weighted by atomic mass is 10.3. The van der Waals surface area contributed by atoms with E-state index in [1.165, 1.54) is 17.1 Å². The van der Waals surface area contributed by atoms with Gasteiger partial charge in [-0.25, -0.2) is 0 Å². The number of hydrogen-bond donors (Lipinski definition) is 1. The summed E-state index contributed by atoms with van der Waals surface area (Å²) in [5.74, 6) is 1.22. The Balaban J connectivity index is 2.07. The largest absolute Gasteiger partial charge is 0.330 e. The van der Waals surface area contributed by atoms with Gasteiger partial charge in [-0.1, -0.05) is 13.0 Å². The van der Waals surface area contributed by atoms with Gasteiger partial charge in [0.05, 0.1) is 0 Å². The second-order valence-electron chi connectivity index (χ2n) is 3.09. The number of thiophene rings is 1. The van der Waals surface area contributed by atoms with Crippen molar-refractivity contribution in [2.24, 2.45) is 5.73 Å². The van der Waals surface area contributed by atoms with Crippen LogP contribution in [0.3, 0.4) is 0 Å². The maximum atomic E-state index is 5.48. The predicted octanol–water partition coefficient (Wildman–Crippen LogP) is 2.76. The highest BCUT2D eigenvalue weighted by molar-refractivity contribution is 7.99. The van der Waals surface area contributed by atoms with Gasteiger partial charge in [0.1, 0.15) is 0 Å². The molecule has 3 heteroatoms. The highest BCUT2D eigenvalue weighted by Gasteiger charge is 2.01. The smallest absolute Gasteiger partial charge is 0.00534 e. The third-order valence-electron chi connectivity index (χ3n) is 1.90. The van der Waals surface area contributed by atoms with E-state index in [2.05, 4.69) is 24.4 Å². The zero-order chi connectivity index (χ0) is 9.52. The number of nitrogens with two attached hydrogens (primary N) is 1. The minimum absolute atomic E-state index is 0.713. The molecule has 13 heavy (non-hydrogen) atoms. The van der Waals surface area contributed by atoms with Crippen LogP contribution in [-0.2, 0) is 6.42 Å². The predicted molar refractivity (Wildman–Crippen MR) is 63.6 cm³/mol. The van der Waals surface area contributed by atoms with Crippen LogP contribution in [0.1, 0.15) is 18.2 Å². The van der Waals surface area contributed by atoms with Crippen LogP contribution in [0.2, 0.25) is 0 Å². The molecule has 0 fully saturated rings. The number of aryl methyl sites for hydroxylation is 1. The van der Waals surface area contributed by atoms with E-state index in [0.29, 0.717) is 5.25 Å². The Labute approximate surface area is 88.7 Å². The maximum absolute atomic E-state index is 5.48. The molecule has 0 aromatic carbocycles. The molecule has 74 valence electrons. The van der Waals surface area contributed by atoms with E-state index in [9.17, 15) is 0 Å². The van der Waals surface area contributed by atoms with Gasteiger partial charge in [-0.15, -0.1) is 11.3 Å². The Morgan fingerprint density at radius 2 is 2.46 bits per heavy atom. The van der Waals surface area contributed by atoms with E-state index in [-0.39, 0.29) is 0 Å². The van der Waals surface area contributed by atoms with Crippen LogP contribution in [0, 0.1) is 0 Å². The second kappa shape index (κ2) is 6.46. The molecule has 2 N–H and O–H groups in total. The summed E-state index contributed by atoms with van der Waals surface area (Å²) in [4.78, 5) is 1.49. The quantitative estimate of drug-likeness (QED) is 0.789. The van der Waals surface area contributed by atoms with Gasteiger partial charge in [0, 0.05) is 10.1 Å². The van der Waals surface area contributed by atoms with Gasteiger partial charge in [0.25, 0.3) is 0 Å². The topological polar surface area (TPSA) is 26.0 Å². The Morgan fingerprint density at radius 1 is 1.62 bits per heavy atom. The Morgan fingerprint density at radius 3 is 3.08 bits per heavy atom. The highest BCUT2D eigenvalue weighted by Crippen LogP contribution is 2.17. The van der Waals surface area contributed by atoms with Crippen LogP contribution in [0.15, 0.2) is 17.5 Å². The van der Waals surface area contributed by atoms with E-state index in [0.717, 1.165) is 13.0 Å². The summed E-state index contributed by atoms with van der Waals surface area (Å²) >= 11 is 3.88. The molecule has 0 saturated carbocycles. The van der Waals surface area contributed by atoms with Crippen molar-refractivity contribution in [2.45, 2.75) is 25.0 Å². The van der Waals surface area contributed by atoms with Crippen molar-refractivity contribution in [1.29, 1.82) is 0 Å². The first-order valence-corrected chi connectivity index (χ1v) is 6.60. The van der Waals surface area contributed by atoms with Crippen molar-refractivity contribution in [2.75, 3.05) is 12.3 Å². The lowest BCUT2D eigenvalue weighted by Crippen LogP contribution is -2.07. The highest BCUT2D eigenvalue weighted by atomic mass is 32.2. The maximum Gasteiger partial charge on any atom is 0.00534 e. The van der Waals surface area contributed by atoms with Gasteiger partial charge in [-0.05, 0) is 36.6 Å². The molecule has 0 bridgehead atoms. The Kier molecular flexibility index (Phi) is 5.51. The molecule has 0 spiro atoms. The lowest BCUT2D eigenvalue weighted by molar-refractivity contribution is 0.822. The summed E-state index contributed by atoms with van der Waals surface area (Å²) in [6, 6.07) is 4.33. The van der Waals surface area contributed by atoms with E-state index in [1.807, 2.05) is 23.1 Å². The second-order valence-corrected chi connectivity index (χ2v) is 5.67. The molecule has 1 atom stereocenters. The lowest BCUT2D eigenvalue weighted by Gasteiger charge is -2.08. The molecule has 0 radical (unpaired) electrons. The van der Waals surface area contributed by atoms with Crippen LogP contribution in [-0.4, -0.2) is 17.5 Å². The standard InChI is InChI=1S/C10H17NS2/c1-9(4-6-11)12-8-5-10-3-2-7-13-10/h2-3,7,9H,4-6,8,11H2,1H3. The number of thioether (sulfide) groups is 1. The van der Waals surface area contributed by atoms with Crippen molar-refractivity contribution in [1.82, 2.24) is 0 Å². The van der Waals surface area contributed by atoms with Crippen molar-refractivity contribution >= 4 is 23.1 Å². The summed E-state index contributed by atoms with van der Waals surface area (Å²) in [5, 5.41) is 2.86. The summed E-state index contributed by atoms with van der Waals surface area (Å²) < 4.78 is 0. The van der Waals surface area contributed by atoms with Gasteiger partial charge >= 0.3 is 0 Å². The first-order valence-electron chi connectivity index (χ1n) is 4.67. The third kappa shape index (κ3) is 4.69. The van der Waals surface area contributed by atoms with Crippen LogP contribution < -0.4 is 5.73 Å². The first kappa shape index (κ1) is 11.1. The fraction of sp³-hybridized carbons (Fsp3) is 0.600. The third-order valence-corrected chi connectivity index (χ3v) is 4.08. The SMILES string of the molecule is CC(CCN)SCCc1cccs1. The minimum Gasteiger partial charge on any atom is -0.330 e. The fourth-order valence-electron chi connectivity index (χ4n) is 1.13. The fourth-order valence-corrected chi connectivity index (χ4v) is 3.01. The molecular formula is C10H17NS2. The summed E-state index contributed by atoms with van der Waals surface area (Å²) in [6.07, 6.45) is 2.34. The molecule has 0 saturated heterocycles. The average Bonchev–Trinajstić information content (AvgIpc) is 2.57. The van der Waals surface area contributed by atoms with Gasteiger partial charge in [0.2, 0.25) is 0 Å². The molecule has 0 amide bonds. The van der Waals surface area contributed by atoms with Gasteiger partial charge in [-0.2, -0.15) is 11.8 Å². The van der Waals surface area contributed by atoms with Crippen molar-refractivity contribution in [3.8, 4) is 0 Å². The van der Waals surface area contributed by atoms with Crippen LogP contribution >= 0.6 is 23.1 Å². The first-order chi connectivity index (χ1) is 6.33. The molecule has 1 nitrogen and oxygen atoms in total. The summed E-state index contributed by atoms with van der Waals surface area (Å²) in [6.45, 7) is 3.07. The molecular weight excluding hydrogens is 198 g/mol. The van der Waals surface area contributed by atoms with E-state index in [4.69, 9.17) is 5.73 Å². The molecule has 1 heterocycles. The monoisotopic (exact) mass is 215 g/mol. The van der Waals surface area contributed by atoms with Gasteiger partial charge in [-0.3, -0.25) is 0 Å². The minimum atomic E-state index is 0.713. The zero-order valence-electron chi connectivity index (χ0n) is 8.03.